The fraction of sp³-hybridized carbons (Fsp3) is 0.500. The van der Waals surface area contributed by atoms with Crippen LogP contribution in [-0.4, -0.2) is 65.9 Å². The number of likely N-dealkylation sites (N-methyl/N-ethyl adjacent to an activating group) is 1. The molecule has 0 radical (unpaired) electrons. The molecule has 2 aromatic rings. The van der Waals surface area contributed by atoms with Crippen LogP contribution in [-0.2, 0) is 17.8 Å². The van der Waals surface area contributed by atoms with E-state index in [1.807, 2.05) is 43.6 Å². The normalized spacial score (nSPS) is 17.1. The minimum Gasteiger partial charge on any atom is -0.348 e. The van der Waals surface area contributed by atoms with Crippen LogP contribution in [0.25, 0.3) is 0 Å². The highest BCUT2D eigenvalue weighted by atomic mass is 32.1. The predicted octanol–water partition coefficient (Wildman–Crippen LogP) is 1.17. The Labute approximate surface area is 157 Å². The fourth-order valence-corrected chi connectivity index (χ4v) is 3.87. The number of amides is 1. The molecule has 0 aliphatic carbocycles. The monoisotopic (exact) mass is 375 g/mol. The first-order valence-electron chi connectivity index (χ1n) is 8.70. The summed E-state index contributed by atoms with van der Waals surface area (Å²) in [7, 11) is 5.72. The van der Waals surface area contributed by atoms with E-state index in [0.717, 1.165) is 30.1 Å². The van der Waals surface area contributed by atoms with E-state index in [0.29, 0.717) is 18.9 Å². The number of hydrogen-bond acceptors (Lipinski definition) is 6. The fourth-order valence-electron chi connectivity index (χ4n) is 3.17. The third-order valence-corrected chi connectivity index (χ3v) is 5.54. The lowest BCUT2D eigenvalue weighted by Crippen LogP contribution is -2.37. The maximum absolute atomic E-state index is 12.5. The molecule has 26 heavy (non-hydrogen) atoms. The van der Waals surface area contributed by atoms with Crippen LogP contribution in [0.5, 0.6) is 0 Å². The maximum Gasteiger partial charge on any atom is 0.252 e. The number of H-pyrrole nitrogens is 1. The van der Waals surface area contributed by atoms with Gasteiger partial charge in [-0.15, -0.1) is 11.3 Å². The Morgan fingerprint density at radius 3 is 2.92 bits per heavy atom. The number of rotatable bonds is 6. The van der Waals surface area contributed by atoms with E-state index in [-0.39, 0.29) is 17.5 Å². The SMILES string of the molecule is CN(C)c1nc(CN(C)[C@H]2CCN(C(=O)Cc3cccs3)C2)cc(=O)[nH]1. The number of likely N-dealkylation sites (tertiary alicyclic amines) is 1. The largest absolute Gasteiger partial charge is 0.348 e. The van der Waals surface area contributed by atoms with Gasteiger partial charge >= 0.3 is 0 Å². The Balaban J connectivity index is 1.58. The molecule has 1 N–H and O–H groups in total. The molecule has 1 amide bonds. The van der Waals surface area contributed by atoms with E-state index in [1.54, 1.807) is 16.2 Å². The molecular weight excluding hydrogens is 350 g/mol. The molecule has 3 rings (SSSR count). The Morgan fingerprint density at radius 2 is 2.23 bits per heavy atom. The van der Waals surface area contributed by atoms with Gasteiger partial charge in [0.1, 0.15) is 0 Å². The van der Waals surface area contributed by atoms with Crippen molar-refractivity contribution in [2.75, 3.05) is 39.1 Å². The van der Waals surface area contributed by atoms with Crippen molar-refractivity contribution < 1.29 is 4.79 Å². The molecule has 0 unspecified atom stereocenters. The first kappa shape index (κ1) is 18.6. The lowest BCUT2D eigenvalue weighted by atomic mass is 10.2. The molecule has 0 saturated carbocycles. The summed E-state index contributed by atoms with van der Waals surface area (Å²) in [6.07, 6.45) is 1.42. The second kappa shape index (κ2) is 8.01. The number of thiophene rings is 1. The van der Waals surface area contributed by atoms with Crippen LogP contribution in [0.1, 0.15) is 17.0 Å². The molecule has 8 heteroatoms. The second-order valence-corrected chi connectivity index (χ2v) is 7.94. The van der Waals surface area contributed by atoms with E-state index >= 15 is 0 Å². The average Bonchev–Trinajstić information content (AvgIpc) is 3.25. The molecule has 7 nitrogen and oxygen atoms in total. The zero-order valence-corrected chi connectivity index (χ0v) is 16.3. The molecule has 3 heterocycles. The standard InChI is InChI=1S/C18H25N5O2S/c1-21(2)18-19-13(9-16(24)20-18)11-22(3)14-6-7-23(12-14)17(25)10-15-5-4-8-26-15/h4-5,8-9,14H,6-7,10-12H2,1-3H3,(H,19,20,24)/t14-/m0/s1. The molecule has 1 saturated heterocycles. The number of carbonyl (C=O) groups is 1. The smallest absolute Gasteiger partial charge is 0.252 e. The van der Waals surface area contributed by atoms with Crippen LogP contribution in [0.3, 0.4) is 0 Å². The number of carbonyl (C=O) groups excluding carboxylic acids is 1. The number of aromatic amines is 1. The van der Waals surface area contributed by atoms with Gasteiger partial charge in [0.2, 0.25) is 11.9 Å². The summed E-state index contributed by atoms with van der Waals surface area (Å²) in [5.74, 6) is 0.743. The summed E-state index contributed by atoms with van der Waals surface area (Å²) in [6, 6.07) is 5.80. The summed E-state index contributed by atoms with van der Waals surface area (Å²) in [6.45, 7) is 2.10. The van der Waals surface area contributed by atoms with Crippen molar-refractivity contribution >= 4 is 23.2 Å². The van der Waals surface area contributed by atoms with Crippen molar-refractivity contribution in [2.24, 2.45) is 0 Å². The third-order valence-electron chi connectivity index (χ3n) is 4.66. The Kier molecular flexibility index (Phi) is 5.73. The molecule has 1 atom stereocenters. The van der Waals surface area contributed by atoms with Crippen molar-refractivity contribution in [1.29, 1.82) is 0 Å². The van der Waals surface area contributed by atoms with Gasteiger partial charge in [0, 0.05) is 50.7 Å². The first-order chi connectivity index (χ1) is 12.4. The maximum atomic E-state index is 12.5. The van der Waals surface area contributed by atoms with Gasteiger partial charge in [0.15, 0.2) is 0 Å². The van der Waals surface area contributed by atoms with Crippen LogP contribution >= 0.6 is 11.3 Å². The molecule has 1 aliphatic heterocycles. The molecule has 1 aliphatic rings. The van der Waals surface area contributed by atoms with Crippen molar-refractivity contribution in [1.82, 2.24) is 19.8 Å². The van der Waals surface area contributed by atoms with Gasteiger partial charge in [-0.3, -0.25) is 19.5 Å². The molecule has 0 bridgehead atoms. The zero-order chi connectivity index (χ0) is 18.7. The Bertz CT molecular complexity index is 802. The van der Waals surface area contributed by atoms with Gasteiger partial charge in [-0.1, -0.05) is 6.07 Å². The molecular formula is C18H25N5O2S. The van der Waals surface area contributed by atoms with Crippen LogP contribution in [0.2, 0.25) is 0 Å². The van der Waals surface area contributed by atoms with Gasteiger partial charge in [-0.2, -0.15) is 0 Å². The number of hydrogen-bond donors (Lipinski definition) is 1. The van der Waals surface area contributed by atoms with Crippen LogP contribution in [0, 0.1) is 0 Å². The second-order valence-electron chi connectivity index (χ2n) is 6.91. The summed E-state index contributed by atoms with van der Waals surface area (Å²) >= 11 is 1.62. The Morgan fingerprint density at radius 1 is 1.42 bits per heavy atom. The van der Waals surface area contributed by atoms with Crippen LogP contribution in [0.15, 0.2) is 28.4 Å². The molecule has 0 spiro atoms. The lowest BCUT2D eigenvalue weighted by molar-refractivity contribution is -0.129. The minimum absolute atomic E-state index is 0.147. The van der Waals surface area contributed by atoms with Crippen molar-refractivity contribution in [2.45, 2.75) is 25.4 Å². The molecule has 0 aromatic carbocycles. The zero-order valence-electron chi connectivity index (χ0n) is 15.4. The Hall–Kier alpha value is -2.19. The van der Waals surface area contributed by atoms with Crippen molar-refractivity contribution in [3.05, 3.63) is 44.5 Å². The summed E-state index contributed by atoms with van der Waals surface area (Å²) in [4.78, 5) is 38.5. The highest BCUT2D eigenvalue weighted by Gasteiger charge is 2.29. The van der Waals surface area contributed by atoms with Crippen molar-refractivity contribution in [3.63, 3.8) is 0 Å². The van der Waals surface area contributed by atoms with Gasteiger partial charge in [-0.25, -0.2) is 4.98 Å². The topological polar surface area (TPSA) is 72.5 Å². The molecule has 1 fully saturated rings. The molecule has 2 aromatic heterocycles. The van der Waals surface area contributed by atoms with Crippen LogP contribution < -0.4 is 10.5 Å². The third kappa shape index (κ3) is 4.50. The average molecular weight is 375 g/mol. The van der Waals surface area contributed by atoms with Gasteiger partial charge in [0.25, 0.3) is 5.56 Å². The van der Waals surface area contributed by atoms with E-state index in [2.05, 4.69) is 14.9 Å². The number of aromatic nitrogens is 2. The quantitative estimate of drug-likeness (QED) is 0.821. The van der Waals surface area contributed by atoms with Gasteiger partial charge in [-0.05, 0) is 24.9 Å². The number of nitrogens with one attached hydrogen (secondary N) is 1. The summed E-state index contributed by atoms with van der Waals surface area (Å²) < 4.78 is 0. The van der Waals surface area contributed by atoms with E-state index < -0.39 is 0 Å². The highest BCUT2D eigenvalue weighted by Crippen LogP contribution is 2.18. The first-order valence-corrected chi connectivity index (χ1v) is 9.58. The van der Waals surface area contributed by atoms with Crippen molar-refractivity contribution in [3.8, 4) is 0 Å². The number of anilines is 1. The van der Waals surface area contributed by atoms with E-state index in [1.165, 1.54) is 6.07 Å². The lowest BCUT2D eigenvalue weighted by Gasteiger charge is -2.24. The summed E-state index contributed by atoms with van der Waals surface area (Å²) in [5.41, 5.74) is 0.592. The minimum atomic E-state index is -0.147. The number of nitrogens with zero attached hydrogens (tertiary/aromatic N) is 4. The highest BCUT2D eigenvalue weighted by molar-refractivity contribution is 7.10. The van der Waals surface area contributed by atoms with Crippen LogP contribution in [0.4, 0.5) is 5.95 Å². The summed E-state index contributed by atoms with van der Waals surface area (Å²) in [5, 5.41) is 2.00. The molecule has 140 valence electrons. The van der Waals surface area contributed by atoms with E-state index in [9.17, 15) is 9.59 Å². The van der Waals surface area contributed by atoms with Gasteiger partial charge < -0.3 is 9.80 Å². The predicted molar refractivity (Wildman–Crippen MR) is 104 cm³/mol. The van der Waals surface area contributed by atoms with E-state index in [4.69, 9.17) is 0 Å². The van der Waals surface area contributed by atoms with Gasteiger partial charge in [0.05, 0.1) is 12.1 Å².